The predicted molar refractivity (Wildman–Crippen MR) is 130 cm³/mol. The SMILES string of the molecule is COC(=O)COc1ccc([N+](=O)[O-])cc1C=Nn1c(-c2cccc(C(F)(F)F)c2)nc2ccccc2c1=O. The number of nitrogens with zero attached hydrogens (tertiary/aromatic N) is 4. The molecule has 13 heteroatoms. The Bertz CT molecular complexity index is 1630. The van der Waals surface area contributed by atoms with Crippen LogP contribution in [0.1, 0.15) is 11.1 Å². The zero-order chi connectivity index (χ0) is 27.4. The Morgan fingerprint density at radius 2 is 1.89 bits per heavy atom. The van der Waals surface area contributed by atoms with Gasteiger partial charge in [0.25, 0.3) is 11.2 Å². The number of alkyl halides is 3. The average molecular weight is 526 g/mol. The second-order valence-electron chi connectivity index (χ2n) is 7.74. The molecule has 0 fully saturated rings. The van der Waals surface area contributed by atoms with E-state index in [1.54, 1.807) is 12.1 Å². The Morgan fingerprint density at radius 3 is 2.61 bits per heavy atom. The molecule has 0 aliphatic heterocycles. The van der Waals surface area contributed by atoms with Gasteiger partial charge in [-0.2, -0.15) is 22.9 Å². The summed E-state index contributed by atoms with van der Waals surface area (Å²) in [5.41, 5.74) is -1.78. The molecule has 0 spiro atoms. The number of methoxy groups -OCH3 is 1. The van der Waals surface area contributed by atoms with Crippen molar-refractivity contribution in [3.63, 3.8) is 0 Å². The number of nitro benzene ring substituents is 1. The number of carbonyl (C=O) groups is 1. The van der Waals surface area contributed by atoms with Crippen LogP contribution in [0.3, 0.4) is 0 Å². The second-order valence-corrected chi connectivity index (χ2v) is 7.74. The van der Waals surface area contributed by atoms with Gasteiger partial charge in [0.05, 0.1) is 34.7 Å². The molecular formula is C25H17F3N4O6. The molecule has 0 amide bonds. The number of esters is 1. The molecule has 0 atom stereocenters. The summed E-state index contributed by atoms with van der Waals surface area (Å²) in [6.07, 6.45) is -3.59. The van der Waals surface area contributed by atoms with Crippen molar-refractivity contribution in [1.82, 2.24) is 9.66 Å². The fourth-order valence-corrected chi connectivity index (χ4v) is 3.45. The first-order valence-corrected chi connectivity index (χ1v) is 10.8. The van der Waals surface area contributed by atoms with Crippen LogP contribution in [0.5, 0.6) is 5.75 Å². The molecule has 0 saturated heterocycles. The Hall–Kier alpha value is -5.07. The second kappa shape index (κ2) is 10.5. The molecule has 0 radical (unpaired) electrons. The number of nitro groups is 1. The van der Waals surface area contributed by atoms with Crippen LogP contribution in [0.2, 0.25) is 0 Å². The lowest BCUT2D eigenvalue weighted by atomic mass is 10.1. The molecule has 38 heavy (non-hydrogen) atoms. The van der Waals surface area contributed by atoms with Crippen molar-refractivity contribution in [2.75, 3.05) is 13.7 Å². The summed E-state index contributed by atoms with van der Waals surface area (Å²) in [5, 5.41) is 15.6. The molecule has 3 aromatic carbocycles. The molecule has 1 heterocycles. The molecule has 0 unspecified atom stereocenters. The van der Waals surface area contributed by atoms with Gasteiger partial charge in [-0.25, -0.2) is 9.78 Å². The third-order valence-corrected chi connectivity index (χ3v) is 5.29. The van der Waals surface area contributed by atoms with Crippen molar-refractivity contribution in [3.8, 4) is 17.1 Å². The predicted octanol–water partition coefficient (Wildman–Crippen LogP) is 4.42. The van der Waals surface area contributed by atoms with Gasteiger partial charge in [-0.05, 0) is 30.3 Å². The topological polar surface area (TPSA) is 126 Å². The number of fused-ring (bicyclic) bond motifs is 1. The number of benzene rings is 3. The molecule has 0 bridgehead atoms. The molecule has 1 aromatic heterocycles. The molecule has 194 valence electrons. The largest absolute Gasteiger partial charge is 0.481 e. The number of hydrogen-bond acceptors (Lipinski definition) is 8. The number of carbonyl (C=O) groups excluding carboxylic acids is 1. The third-order valence-electron chi connectivity index (χ3n) is 5.29. The third kappa shape index (κ3) is 5.51. The van der Waals surface area contributed by atoms with Crippen molar-refractivity contribution in [3.05, 3.63) is 98.3 Å². The number of non-ortho nitro benzene ring substituents is 1. The summed E-state index contributed by atoms with van der Waals surface area (Å²) in [7, 11) is 1.15. The molecular weight excluding hydrogens is 509 g/mol. The summed E-state index contributed by atoms with van der Waals surface area (Å²) in [6.45, 7) is -0.512. The molecule has 10 nitrogen and oxygen atoms in total. The van der Waals surface area contributed by atoms with E-state index in [1.165, 1.54) is 30.3 Å². The fourth-order valence-electron chi connectivity index (χ4n) is 3.45. The van der Waals surface area contributed by atoms with E-state index in [4.69, 9.17) is 4.74 Å². The van der Waals surface area contributed by atoms with Crippen LogP contribution in [0.15, 0.2) is 76.6 Å². The minimum Gasteiger partial charge on any atom is -0.481 e. The highest BCUT2D eigenvalue weighted by Gasteiger charge is 2.31. The molecule has 4 rings (SSSR count). The van der Waals surface area contributed by atoms with Gasteiger partial charge in [0, 0.05) is 23.3 Å². The summed E-state index contributed by atoms with van der Waals surface area (Å²) in [6, 6.07) is 13.9. The number of rotatable bonds is 7. The number of halogens is 3. The summed E-state index contributed by atoms with van der Waals surface area (Å²) >= 11 is 0. The standard InChI is InChI=1S/C25H17F3N4O6/c1-37-22(33)14-38-21-10-9-18(32(35)36)12-16(21)13-29-31-23(15-5-4-6-17(11-15)25(26,27)28)30-20-8-3-2-7-19(20)24(31)34/h2-13H,14H2,1H3. The minimum absolute atomic E-state index is 0.00664. The number of para-hydroxylation sites is 1. The Balaban J connectivity index is 1.89. The van der Waals surface area contributed by atoms with Gasteiger partial charge < -0.3 is 9.47 Å². The number of aromatic nitrogens is 2. The number of hydrogen-bond donors (Lipinski definition) is 0. The van der Waals surface area contributed by atoms with Crippen LogP contribution in [0.4, 0.5) is 18.9 Å². The maximum absolute atomic E-state index is 13.4. The van der Waals surface area contributed by atoms with Crippen LogP contribution in [0.25, 0.3) is 22.3 Å². The van der Waals surface area contributed by atoms with Crippen LogP contribution in [0, 0.1) is 10.1 Å². The van der Waals surface area contributed by atoms with Gasteiger partial charge in [-0.1, -0.05) is 24.3 Å². The van der Waals surface area contributed by atoms with E-state index >= 15 is 0 Å². The Labute approximate surface area is 211 Å². The van der Waals surface area contributed by atoms with Crippen molar-refractivity contribution in [2.45, 2.75) is 6.18 Å². The zero-order valence-corrected chi connectivity index (χ0v) is 19.5. The summed E-state index contributed by atoms with van der Waals surface area (Å²) in [4.78, 5) is 39.8. The summed E-state index contributed by atoms with van der Waals surface area (Å²) in [5.74, 6) is -0.904. The quantitative estimate of drug-likeness (QED) is 0.151. The van der Waals surface area contributed by atoms with E-state index in [1.807, 2.05) is 0 Å². The normalized spacial score (nSPS) is 11.6. The highest BCUT2D eigenvalue weighted by Crippen LogP contribution is 2.32. The van der Waals surface area contributed by atoms with E-state index in [9.17, 15) is 32.9 Å². The van der Waals surface area contributed by atoms with E-state index < -0.39 is 34.8 Å². The van der Waals surface area contributed by atoms with Crippen LogP contribution in [-0.4, -0.2) is 40.5 Å². The van der Waals surface area contributed by atoms with Crippen molar-refractivity contribution < 1.29 is 32.4 Å². The Kier molecular flexibility index (Phi) is 7.19. The van der Waals surface area contributed by atoms with E-state index in [-0.39, 0.29) is 39.3 Å². The van der Waals surface area contributed by atoms with Crippen LogP contribution in [-0.2, 0) is 15.7 Å². The molecule has 0 saturated carbocycles. The smallest absolute Gasteiger partial charge is 0.416 e. The van der Waals surface area contributed by atoms with E-state index in [0.717, 1.165) is 42.3 Å². The highest BCUT2D eigenvalue weighted by molar-refractivity contribution is 5.86. The lowest BCUT2D eigenvalue weighted by Gasteiger charge is -2.12. The first-order valence-electron chi connectivity index (χ1n) is 10.8. The molecule has 4 aromatic rings. The first-order chi connectivity index (χ1) is 18.1. The maximum atomic E-state index is 13.4. The van der Waals surface area contributed by atoms with Crippen molar-refractivity contribution >= 4 is 28.8 Å². The van der Waals surface area contributed by atoms with Gasteiger partial charge in [-0.3, -0.25) is 14.9 Å². The van der Waals surface area contributed by atoms with Gasteiger partial charge in [0.2, 0.25) is 0 Å². The monoisotopic (exact) mass is 526 g/mol. The van der Waals surface area contributed by atoms with Crippen LogP contribution < -0.4 is 10.3 Å². The van der Waals surface area contributed by atoms with Crippen LogP contribution >= 0.6 is 0 Å². The fraction of sp³-hybridized carbons (Fsp3) is 0.120. The van der Waals surface area contributed by atoms with Crippen molar-refractivity contribution in [2.24, 2.45) is 5.10 Å². The number of ether oxygens (including phenoxy) is 2. The first kappa shape index (κ1) is 26.0. The summed E-state index contributed by atoms with van der Waals surface area (Å²) < 4.78 is 50.8. The molecule has 0 aliphatic rings. The molecule has 0 aliphatic carbocycles. The van der Waals surface area contributed by atoms with Gasteiger partial charge >= 0.3 is 12.1 Å². The van der Waals surface area contributed by atoms with Crippen molar-refractivity contribution in [1.29, 1.82) is 0 Å². The highest BCUT2D eigenvalue weighted by atomic mass is 19.4. The van der Waals surface area contributed by atoms with E-state index in [2.05, 4.69) is 14.8 Å². The molecule has 0 N–H and O–H groups in total. The van der Waals surface area contributed by atoms with E-state index in [0.29, 0.717) is 0 Å². The maximum Gasteiger partial charge on any atom is 0.416 e. The zero-order valence-electron chi connectivity index (χ0n) is 19.5. The lowest BCUT2D eigenvalue weighted by molar-refractivity contribution is -0.384. The van der Waals surface area contributed by atoms with Gasteiger partial charge in [-0.15, -0.1) is 0 Å². The van der Waals surface area contributed by atoms with Gasteiger partial charge in [0.1, 0.15) is 5.75 Å². The Morgan fingerprint density at radius 1 is 1.13 bits per heavy atom. The minimum atomic E-state index is -4.64. The lowest BCUT2D eigenvalue weighted by Crippen LogP contribution is -2.20. The van der Waals surface area contributed by atoms with Gasteiger partial charge in [0.15, 0.2) is 12.4 Å². The average Bonchev–Trinajstić information content (AvgIpc) is 2.90.